The number of halogens is 2. The lowest BCUT2D eigenvalue weighted by Gasteiger charge is -1.99. The van der Waals surface area contributed by atoms with Gasteiger partial charge in [-0.05, 0) is 12.1 Å². The van der Waals surface area contributed by atoms with Crippen LogP contribution in [0.2, 0.25) is 5.02 Å². The van der Waals surface area contributed by atoms with Crippen molar-refractivity contribution in [3.63, 3.8) is 0 Å². The number of methoxy groups -OCH3 is 1. The molecular weight excluding hydrogens is 211 g/mol. The summed E-state index contributed by atoms with van der Waals surface area (Å²) < 4.78 is 19.3. The summed E-state index contributed by atoms with van der Waals surface area (Å²) in [7, 11) is 1.52. The summed E-state index contributed by atoms with van der Waals surface area (Å²) in [6, 6.07) is 3.34. The smallest absolute Gasteiger partial charge is 0.154 e. The Hall–Kier alpha value is -0.800. The first kappa shape index (κ1) is 8.78. The molecule has 13 heavy (non-hydrogen) atoms. The number of thiophene rings is 1. The van der Waals surface area contributed by atoms with Gasteiger partial charge in [-0.3, -0.25) is 0 Å². The van der Waals surface area contributed by atoms with E-state index in [0.29, 0.717) is 11.1 Å². The van der Waals surface area contributed by atoms with Crippen LogP contribution >= 0.6 is 22.9 Å². The Morgan fingerprint density at radius 3 is 2.92 bits per heavy atom. The van der Waals surface area contributed by atoms with Gasteiger partial charge in [0.1, 0.15) is 5.75 Å². The topological polar surface area (TPSA) is 9.23 Å². The Balaban J connectivity index is 2.85. The molecule has 68 valence electrons. The Bertz CT molecular complexity index is 452. The van der Waals surface area contributed by atoms with E-state index in [9.17, 15) is 4.39 Å². The number of hydrogen-bond donors (Lipinski definition) is 0. The molecule has 0 aliphatic rings. The molecule has 1 aromatic carbocycles. The Morgan fingerprint density at radius 2 is 2.23 bits per heavy atom. The molecule has 2 aromatic rings. The Morgan fingerprint density at radius 1 is 1.46 bits per heavy atom. The SMILES string of the molecule is COc1csc2ccc(Cl)c(F)c12. The third-order valence-electron chi connectivity index (χ3n) is 1.82. The van der Waals surface area contributed by atoms with Crippen LogP contribution in [0.4, 0.5) is 4.39 Å². The van der Waals surface area contributed by atoms with Gasteiger partial charge in [0.15, 0.2) is 5.82 Å². The van der Waals surface area contributed by atoms with Gasteiger partial charge >= 0.3 is 0 Å². The molecule has 0 spiro atoms. The maximum atomic E-state index is 13.5. The van der Waals surface area contributed by atoms with Crippen LogP contribution in [-0.4, -0.2) is 7.11 Å². The summed E-state index contributed by atoms with van der Waals surface area (Å²) in [5, 5.41) is 2.37. The van der Waals surface area contributed by atoms with E-state index in [-0.39, 0.29) is 5.02 Å². The summed E-state index contributed by atoms with van der Waals surface area (Å²) >= 11 is 7.09. The van der Waals surface area contributed by atoms with Crippen molar-refractivity contribution in [1.29, 1.82) is 0 Å². The van der Waals surface area contributed by atoms with Gasteiger partial charge in [-0.2, -0.15) is 0 Å². The molecule has 0 atom stereocenters. The van der Waals surface area contributed by atoms with E-state index in [1.54, 1.807) is 17.5 Å². The van der Waals surface area contributed by atoms with Crippen molar-refractivity contribution in [1.82, 2.24) is 0 Å². The van der Waals surface area contributed by atoms with Crippen LogP contribution < -0.4 is 4.74 Å². The van der Waals surface area contributed by atoms with Crippen molar-refractivity contribution in [3.8, 4) is 5.75 Å². The molecule has 0 fully saturated rings. The predicted octanol–water partition coefficient (Wildman–Crippen LogP) is 3.70. The van der Waals surface area contributed by atoms with E-state index in [1.165, 1.54) is 18.4 Å². The molecule has 0 saturated carbocycles. The molecule has 2 rings (SSSR count). The van der Waals surface area contributed by atoms with Crippen LogP contribution in [0.3, 0.4) is 0 Å². The van der Waals surface area contributed by atoms with Crippen molar-refractivity contribution in [2.45, 2.75) is 0 Å². The minimum atomic E-state index is -0.405. The molecule has 0 N–H and O–H groups in total. The average molecular weight is 217 g/mol. The zero-order valence-corrected chi connectivity index (χ0v) is 8.38. The summed E-state index contributed by atoms with van der Waals surface area (Å²) in [6.45, 7) is 0. The fourth-order valence-electron chi connectivity index (χ4n) is 1.19. The third-order valence-corrected chi connectivity index (χ3v) is 3.03. The van der Waals surface area contributed by atoms with Crippen LogP contribution in [0.15, 0.2) is 17.5 Å². The lowest BCUT2D eigenvalue weighted by Crippen LogP contribution is -1.83. The number of rotatable bonds is 1. The second kappa shape index (κ2) is 3.16. The predicted molar refractivity (Wildman–Crippen MR) is 53.3 cm³/mol. The Kier molecular flexibility index (Phi) is 2.14. The van der Waals surface area contributed by atoms with E-state index in [4.69, 9.17) is 16.3 Å². The zero-order chi connectivity index (χ0) is 9.42. The molecule has 0 unspecified atom stereocenters. The molecule has 1 nitrogen and oxygen atoms in total. The van der Waals surface area contributed by atoms with Gasteiger partial charge in [-0.1, -0.05) is 11.6 Å². The minimum Gasteiger partial charge on any atom is -0.495 e. The molecule has 1 aromatic heterocycles. The number of benzene rings is 1. The number of hydrogen-bond acceptors (Lipinski definition) is 2. The lowest BCUT2D eigenvalue weighted by molar-refractivity contribution is 0.419. The standard InChI is InChI=1S/C9H6ClFOS/c1-12-6-4-13-7-3-2-5(10)9(11)8(6)7/h2-4H,1H3. The maximum Gasteiger partial charge on any atom is 0.154 e. The van der Waals surface area contributed by atoms with Crippen LogP contribution in [0, 0.1) is 5.82 Å². The van der Waals surface area contributed by atoms with Gasteiger partial charge in [0, 0.05) is 10.1 Å². The molecule has 0 saturated heterocycles. The third kappa shape index (κ3) is 1.28. The summed E-state index contributed by atoms with van der Waals surface area (Å²) in [6.07, 6.45) is 0. The van der Waals surface area contributed by atoms with Gasteiger partial charge in [0.05, 0.1) is 17.5 Å². The first-order chi connectivity index (χ1) is 6.24. The highest BCUT2D eigenvalue weighted by Gasteiger charge is 2.11. The normalized spacial score (nSPS) is 10.7. The van der Waals surface area contributed by atoms with E-state index >= 15 is 0 Å². The second-order valence-corrected chi connectivity index (χ2v) is 3.86. The first-order valence-electron chi connectivity index (χ1n) is 3.63. The van der Waals surface area contributed by atoms with Crippen LogP contribution in [0.1, 0.15) is 0 Å². The van der Waals surface area contributed by atoms with Crippen LogP contribution in [-0.2, 0) is 0 Å². The quantitative estimate of drug-likeness (QED) is 0.706. The molecule has 4 heteroatoms. The van der Waals surface area contributed by atoms with Gasteiger partial charge in [0.25, 0.3) is 0 Å². The fraction of sp³-hybridized carbons (Fsp3) is 0.111. The highest BCUT2D eigenvalue weighted by atomic mass is 35.5. The van der Waals surface area contributed by atoms with E-state index in [1.807, 2.05) is 0 Å². The number of ether oxygens (including phenoxy) is 1. The summed E-state index contributed by atoms with van der Waals surface area (Å²) in [5.41, 5.74) is 0. The summed E-state index contributed by atoms with van der Waals surface area (Å²) in [4.78, 5) is 0. The van der Waals surface area contributed by atoms with Crippen molar-refractivity contribution < 1.29 is 9.13 Å². The fourth-order valence-corrected chi connectivity index (χ4v) is 2.25. The van der Waals surface area contributed by atoms with E-state index < -0.39 is 5.82 Å². The second-order valence-electron chi connectivity index (χ2n) is 2.54. The van der Waals surface area contributed by atoms with Gasteiger partial charge in [0.2, 0.25) is 0 Å². The van der Waals surface area contributed by atoms with E-state index in [2.05, 4.69) is 0 Å². The molecule has 0 bridgehead atoms. The largest absolute Gasteiger partial charge is 0.495 e. The highest BCUT2D eigenvalue weighted by Crippen LogP contribution is 2.36. The van der Waals surface area contributed by atoms with Crippen LogP contribution in [0.25, 0.3) is 10.1 Å². The summed E-state index contributed by atoms with van der Waals surface area (Å²) in [5.74, 6) is 0.136. The molecule has 0 aliphatic heterocycles. The van der Waals surface area contributed by atoms with Crippen molar-refractivity contribution >= 4 is 33.0 Å². The molecule has 0 aliphatic carbocycles. The Labute approximate surface area is 83.7 Å². The lowest BCUT2D eigenvalue weighted by atomic mass is 10.2. The van der Waals surface area contributed by atoms with Gasteiger partial charge in [-0.25, -0.2) is 4.39 Å². The maximum absolute atomic E-state index is 13.5. The van der Waals surface area contributed by atoms with Crippen molar-refractivity contribution in [3.05, 3.63) is 28.4 Å². The van der Waals surface area contributed by atoms with Crippen molar-refractivity contribution in [2.75, 3.05) is 7.11 Å². The monoisotopic (exact) mass is 216 g/mol. The number of fused-ring (bicyclic) bond motifs is 1. The molecular formula is C9H6ClFOS. The molecule has 0 amide bonds. The van der Waals surface area contributed by atoms with Crippen LogP contribution in [0.5, 0.6) is 5.75 Å². The first-order valence-corrected chi connectivity index (χ1v) is 4.89. The van der Waals surface area contributed by atoms with Gasteiger partial charge in [-0.15, -0.1) is 11.3 Å². The zero-order valence-electron chi connectivity index (χ0n) is 6.80. The molecule has 0 radical (unpaired) electrons. The molecule has 1 heterocycles. The van der Waals surface area contributed by atoms with Crippen molar-refractivity contribution in [2.24, 2.45) is 0 Å². The minimum absolute atomic E-state index is 0.129. The van der Waals surface area contributed by atoms with Gasteiger partial charge < -0.3 is 4.74 Å². The highest BCUT2D eigenvalue weighted by molar-refractivity contribution is 7.17. The van der Waals surface area contributed by atoms with E-state index in [0.717, 1.165) is 4.70 Å². The average Bonchev–Trinajstić information content (AvgIpc) is 2.55.